The monoisotopic (exact) mass is 346 g/mol. The van der Waals surface area contributed by atoms with Crippen LogP contribution < -0.4 is 24.8 Å². The molecule has 5 nitrogen and oxygen atoms in total. The first-order chi connectivity index (χ1) is 11.6. The fraction of sp³-hybridized carbons (Fsp3) is 0.278. The molecule has 24 heavy (non-hydrogen) atoms. The van der Waals surface area contributed by atoms with E-state index >= 15 is 0 Å². The van der Waals surface area contributed by atoms with Gasteiger partial charge in [0.05, 0.1) is 27.4 Å². The van der Waals surface area contributed by atoms with Crippen LogP contribution in [0.15, 0.2) is 42.5 Å². The first-order valence-corrected chi connectivity index (χ1v) is 7.91. The molecule has 0 radical (unpaired) electrons. The SMILES string of the molecule is COc1cccc(NC(=S)N[C@H](C)c2ccc(OC)c(OC)c2)c1. The van der Waals surface area contributed by atoms with Gasteiger partial charge in [0.25, 0.3) is 0 Å². The van der Waals surface area contributed by atoms with E-state index in [-0.39, 0.29) is 6.04 Å². The highest BCUT2D eigenvalue weighted by atomic mass is 32.1. The van der Waals surface area contributed by atoms with Crippen molar-refractivity contribution in [2.24, 2.45) is 0 Å². The van der Waals surface area contributed by atoms with Gasteiger partial charge in [0.1, 0.15) is 5.75 Å². The summed E-state index contributed by atoms with van der Waals surface area (Å²) < 4.78 is 15.8. The number of rotatable bonds is 6. The van der Waals surface area contributed by atoms with Crippen molar-refractivity contribution in [2.75, 3.05) is 26.6 Å². The predicted molar refractivity (Wildman–Crippen MR) is 100 cm³/mol. The van der Waals surface area contributed by atoms with Crippen molar-refractivity contribution < 1.29 is 14.2 Å². The maximum Gasteiger partial charge on any atom is 0.171 e. The van der Waals surface area contributed by atoms with Crippen LogP contribution in [0.2, 0.25) is 0 Å². The second kappa shape index (κ2) is 8.40. The molecule has 6 heteroatoms. The van der Waals surface area contributed by atoms with Crippen molar-refractivity contribution in [1.29, 1.82) is 0 Å². The third-order valence-electron chi connectivity index (χ3n) is 3.58. The molecule has 0 aliphatic rings. The summed E-state index contributed by atoms with van der Waals surface area (Å²) in [6, 6.07) is 13.4. The average Bonchev–Trinajstić information content (AvgIpc) is 2.60. The lowest BCUT2D eigenvalue weighted by molar-refractivity contribution is 0.354. The first kappa shape index (κ1) is 17.9. The van der Waals surface area contributed by atoms with Crippen molar-refractivity contribution >= 4 is 23.0 Å². The van der Waals surface area contributed by atoms with Crippen molar-refractivity contribution in [3.63, 3.8) is 0 Å². The van der Waals surface area contributed by atoms with Gasteiger partial charge in [-0.3, -0.25) is 0 Å². The van der Waals surface area contributed by atoms with Crippen LogP contribution in [-0.4, -0.2) is 26.4 Å². The van der Waals surface area contributed by atoms with E-state index in [9.17, 15) is 0 Å². The molecule has 2 aromatic carbocycles. The number of thiocarbonyl (C=S) groups is 1. The Kier molecular flexibility index (Phi) is 6.26. The van der Waals surface area contributed by atoms with Crippen molar-refractivity contribution in [2.45, 2.75) is 13.0 Å². The summed E-state index contributed by atoms with van der Waals surface area (Å²) >= 11 is 5.38. The maximum absolute atomic E-state index is 5.38. The molecule has 0 fully saturated rings. The molecule has 0 amide bonds. The molecule has 0 aromatic heterocycles. The second-order valence-corrected chi connectivity index (χ2v) is 5.57. The fourth-order valence-electron chi connectivity index (χ4n) is 2.27. The van der Waals surface area contributed by atoms with Gasteiger partial charge >= 0.3 is 0 Å². The van der Waals surface area contributed by atoms with Gasteiger partial charge in [-0.1, -0.05) is 12.1 Å². The molecule has 0 aliphatic carbocycles. The highest BCUT2D eigenvalue weighted by molar-refractivity contribution is 7.80. The smallest absolute Gasteiger partial charge is 0.171 e. The topological polar surface area (TPSA) is 51.8 Å². The predicted octanol–water partition coefficient (Wildman–Crippen LogP) is 3.76. The average molecular weight is 346 g/mol. The number of benzene rings is 2. The van der Waals surface area contributed by atoms with Gasteiger partial charge in [-0.2, -0.15) is 0 Å². The zero-order chi connectivity index (χ0) is 17.5. The third-order valence-corrected chi connectivity index (χ3v) is 3.80. The Bertz CT molecular complexity index is 706. The highest BCUT2D eigenvalue weighted by Gasteiger charge is 2.11. The van der Waals surface area contributed by atoms with Crippen LogP contribution in [0.25, 0.3) is 0 Å². The van der Waals surface area contributed by atoms with Crippen LogP contribution in [-0.2, 0) is 0 Å². The number of methoxy groups -OCH3 is 3. The summed E-state index contributed by atoms with van der Waals surface area (Å²) in [6.07, 6.45) is 0. The molecule has 2 N–H and O–H groups in total. The molecule has 1 atom stereocenters. The van der Waals surface area contributed by atoms with Gasteiger partial charge in [-0.05, 0) is 49.0 Å². The lowest BCUT2D eigenvalue weighted by atomic mass is 10.1. The Morgan fingerprint density at radius 3 is 2.38 bits per heavy atom. The van der Waals surface area contributed by atoms with Gasteiger partial charge in [-0.15, -0.1) is 0 Å². The Morgan fingerprint density at radius 2 is 1.71 bits per heavy atom. The molecular weight excluding hydrogens is 324 g/mol. The Balaban J connectivity index is 2.03. The lowest BCUT2D eigenvalue weighted by Gasteiger charge is -2.19. The molecule has 0 unspecified atom stereocenters. The van der Waals surface area contributed by atoms with Crippen LogP contribution in [0, 0.1) is 0 Å². The van der Waals surface area contributed by atoms with E-state index < -0.39 is 0 Å². The fourth-order valence-corrected chi connectivity index (χ4v) is 2.56. The summed E-state index contributed by atoms with van der Waals surface area (Å²) in [5.41, 5.74) is 1.91. The van der Waals surface area contributed by atoms with Crippen molar-refractivity contribution in [3.05, 3.63) is 48.0 Å². The summed E-state index contributed by atoms with van der Waals surface area (Å²) in [5.74, 6) is 2.16. The zero-order valence-electron chi connectivity index (χ0n) is 14.3. The van der Waals surface area contributed by atoms with E-state index in [4.69, 9.17) is 26.4 Å². The summed E-state index contributed by atoms with van der Waals surface area (Å²) in [5, 5.41) is 6.94. The minimum Gasteiger partial charge on any atom is -0.497 e. The van der Waals surface area contributed by atoms with Crippen LogP contribution in [0.4, 0.5) is 5.69 Å². The molecule has 0 saturated heterocycles. The van der Waals surface area contributed by atoms with E-state index in [0.717, 1.165) is 17.0 Å². The minimum atomic E-state index is 0.00964. The van der Waals surface area contributed by atoms with Crippen LogP contribution in [0.3, 0.4) is 0 Å². The van der Waals surface area contributed by atoms with E-state index in [2.05, 4.69) is 10.6 Å². The molecule has 0 saturated carbocycles. The molecule has 0 bridgehead atoms. The second-order valence-electron chi connectivity index (χ2n) is 5.17. The summed E-state index contributed by atoms with van der Waals surface area (Å²) in [4.78, 5) is 0. The largest absolute Gasteiger partial charge is 0.497 e. The van der Waals surface area contributed by atoms with Crippen LogP contribution in [0.1, 0.15) is 18.5 Å². The van der Waals surface area contributed by atoms with E-state index in [0.29, 0.717) is 16.6 Å². The van der Waals surface area contributed by atoms with Gasteiger partial charge in [-0.25, -0.2) is 0 Å². The minimum absolute atomic E-state index is 0.00964. The summed E-state index contributed by atoms with van der Waals surface area (Å²) in [6.45, 7) is 2.03. The van der Waals surface area contributed by atoms with Gasteiger partial charge in [0.2, 0.25) is 0 Å². The molecule has 2 rings (SSSR count). The zero-order valence-corrected chi connectivity index (χ0v) is 15.1. The Labute approximate surface area is 147 Å². The maximum atomic E-state index is 5.38. The van der Waals surface area contributed by atoms with Crippen molar-refractivity contribution in [1.82, 2.24) is 5.32 Å². The number of anilines is 1. The Morgan fingerprint density at radius 1 is 0.958 bits per heavy atom. The summed E-state index contributed by atoms with van der Waals surface area (Å²) in [7, 11) is 4.87. The van der Waals surface area contributed by atoms with Gasteiger partial charge < -0.3 is 24.8 Å². The number of hydrogen-bond donors (Lipinski definition) is 2. The highest BCUT2D eigenvalue weighted by Crippen LogP contribution is 2.29. The van der Waals surface area contributed by atoms with Gasteiger partial charge in [0, 0.05) is 11.8 Å². The molecule has 128 valence electrons. The molecule has 0 aliphatic heterocycles. The number of ether oxygens (including phenoxy) is 3. The third kappa shape index (κ3) is 4.52. The van der Waals surface area contributed by atoms with Crippen LogP contribution >= 0.6 is 12.2 Å². The molecular formula is C18H22N2O3S. The number of nitrogens with one attached hydrogen (secondary N) is 2. The number of hydrogen-bond acceptors (Lipinski definition) is 4. The van der Waals surface area contributed by atoms with E-state index in [1.165, 1.54) is 0 Å². The molecule has 0 spiro atoms. The lowest BCUT2D eigenvalue weighted by Crippen LogP contribution is -2.30. The van der Waals surface area contributed by atoms with Crippen molar-refractivity contribution in [3.8, 4) is 17.2 Å². The first-order valence-electron chi connectivity index (χ1n) is 7.51. The van der Waals surface area contributed by atoms with Gasteiger partial charge in [0.15, 0.2) is 16.6 Å². The van der Waals surface area contributed by atoms with Crippen LogP contribution in [0.5, 0.6) is 17.2 Å². The molecule has 0 heterocycles. The molecule has 2 aromatic rings. The van der Waals surface area contributed by atoms with E-state index in [1.54, 1.807) is 21.3 Å². The van der Waals surface area contributed by atoms with E-state index in [1.807, 2.05) is 49.4 Å². The quantitative estimate of drug-likeness (QED) is 0.777. The Hall–Kier alpha value is -2.47. The standard InChI is InChI=1S/C18H22N2O3S/c1-12(13-8-9-16(22-3)17(10-13)23-4)19-18(24)20-14-6-5-7-15(11-14)21-2/h5-12H,1-4H3,(H2,19,20,24)/t12-/m1/s1. The normalized spacial score (nSPS) is 11.3.